The van der Waals surface area contributed by atoms with Crippen molar-refractivity contribution < 1.29 is 4.92 Å². The van der Waals surface area contributed by atoms with Crippen molar-refractivity contribution in [2.75, 3.05) is 0 Å². The highest BCUT2D eigenvalue weighted by atomic mass is 16.6. The zero-order chi connectivity index (χ0) is 14.5. The van der Waals surface area contributed by atoms with Crippen molar-refractivity contribution in [2.24, 2.45) is 0 Å². The van der Waals surface area contributed by atoms with Gasteiger partial charge in [-0.15, -0.1) is 0 Å². The Balaban J connectivity index is 2.08. The number of rotatable bonds is 5. The van der Waals surface area contributed by atoms with Crippen LogP contribution in [0.5, 0.6) is 0 Å². The molecule has 2 rings (SSSR count). The van der Waals surface area contributed by atoms with Gasteiger partial charge in [0.25, 0.3) is 5.69 Å². The lowest BCUT2D eigenvalue weighted by Crippen LogP contribution is -2.19. The molecule has 0 radical (unpaired) electrons. The molecule has 0 aliphatic carbocycles. The zero-order valence-electron chi connectivity index (χ0n) is 11.5. The minimum atomic E-state index is -0.344. The van der Waals surface area contributed by atoms with Crippen molar-refractivity contribution in [1.29, 1.82) is 0 Å². The van der Waals surface area contributed by atoms with Crippen LogP contribution in [0.2, 0.25) is 0 Å². The number of pyridine rings is 1. The van der Waals surface area contributed by atoms with Crippen LogP contribution in [-0.4, -0.2) is 9.91 Å². The average molecular weight is 271 g/mol. The molecule has 5 heteroatoms. The van der Waals surface area contributed by atoms with Gasteiger partial charge < -0.3 is 5.32 Å². The first-order valence-corrected chi connectivity index (χ1v) is 6.45. The maximum Gasteiger partial charge on any atom is 0.272 e. The van der Waals surface area contributed by atoms with E-state index in [1.165, 1.54) is 6.07 Å². The van der Waals surface area contributed by atoms with Crippen LogP contribution in [-0.2, 0) is 6.54 Å². The number of nitro groups is 1. The number of hydrogen-bond acceptors (Lipinski definition) is 4. The molecule has 5 nitrogen and oxygen atoms in total. The lowest BCUT2D eigenvalue weighted by Gasteiger charge is -2.15. The second-order valence-electron chi connectivity index (χ2n) is 4.71. The molecule has 1 aromatic heterocycles. The molecule has 0 amide bonds. The van der Waals surface area contributed by atoms with Crippen molar-refractivity contribution in [3.63, 3.8) is 0 Å². The van der Waals surface area contributed by atoms with E-state index < -0.39 is 0 Å². The van der Waals surface area contributed by atoms with Crippen molar-refractivity contribution in [1.82, 2.24) is 10.3 Å². The second-order valence-corrected chi connectivity index (χ2v) is 4.71. The van der Waals surface area contributed by atoms with Gasteiger partial charge in [-0.3, -0.25) is 15.1 Å². The summed E-state index contributed by atoms with van der Waals surface area (Å²) in [5.41, 5.74) is 2.91. The maximum absolute atomic E-state index is 10.9. The third-order valence-corrected chi connectivity index (χ3v) is 3.40. The van der Waals surface area contributed by atoms with Crippen LogP contribution >= 0.6 is 0 Å². The Hall–Kier alpha value is -2.27. The summed E-state index contributed by atoms with van der Waals surface area (Å²) in [5, 5.41) is 14.3. The minimum Gasteiger partial charge on any atom is -0.306 e. The van der Waals surface area contributed by atoms with E-state index in [-0.39, 0.29) is 16.7 Å². The van der Waals surface area contributed by atoms with Crippen LogP contribution in [0.15, 0.2) is 42.7 Å². The number of aromatic nitrogens is 1. The van der Waals surface area contributed by atoms with E-state index in [1.54, 1.807) is 19.2 Å². The summed E-state index contributed by atoms with van der Waals surface area (Å²) in [6.45, 7) is 4.41. The smallest absolute Gasteiger partial charge is 0.272 e. The van der Waals surface area contributed by atoms with Gasteiger partial charge in [0, 0.05) is 36.6 Å². The molecule has 0 spiro atoms. The first-order valence-electron chi connectivity index (χ1n) is 6.45. The summed E-state index contributed by atoms with van der Waals surface area (Å²) in [6.07, 6.45) is 3.55. The van der Waals surface area contributed by atoms with E-state index in [1.807, 2.05) is 31.3 Å². The zero-order valence-corrected chi connectivity index (χ0v) is 11.5. The van der Waals surface area contributed by atoms with E-state index in [2.05, 4.69) is 10.3 Å². The molecule has 104 valence electrons. The predicted molar refractivity (Wildman–Crippen MR) is 77.3 cm³/mol. The Kier molecular flexibility index (Phi) is 4.42. The average Bonchev–Trinajstić information content (AvgIpc) is 2.46. The number of benzene rings is 1. The molecule has 1 aromatic carbocycles. The molecule has 0 aliphatic heterocycles. The van der Waals surface area contributed by atoms with Gasteiger partial charge in [0.05, 0.1) is 4.92 Å². The van der Waals surface area contributed by atoms with E-state index >= 15 is 0 Å². The Labute approximate surface area is 117 Å². The normalized spacial score (nSPS) is 12.1. The summed E-state index contributed by atoms with van der Waals surface area (Å²) in [7, 11) is 0. The maximum atomic E-state index is 10.9. The fourth-order valence-corrected chi connectivity index (χ4v) is 2.07. The topological polar surface area (TPSA) is 68.1 Å². The SMILES string of the molecule is Cc1c(CN[C@@H](C)c2cccnc2)cccc1[N+](=O)[O-]. The van der Waals surface area contributed by atoms with Crippen LogP contribution in [0.4, 0.5) is 5.69 Å². The number of nitro benzene ring substituents is 1. The van der Waals surface area contributed by atoms with Gasteiger partial charge in [-0.25, -0.2) is 0 Å². The molecule has 20 heavy (non-hydrogen) atoms. The van der Waals surface area contributed by atoms with E-state index in [9.17, 15) is 10.1 Å². The molecular formula is C15H17N3O2. The summed E-state index contributed by atoms with van der Waals surface area (Å²) >= 11 is 0. The van der Waals surface area contributed by atoms with Crippen LogP contribution in [0.1, 0.15) is 29.7 Å². The van der Waals surface area contributed by atoms with Crippen molar-refractivity contribution >= 4 is 5.69 Å². The summed E-state index contributed by atoms with van der Waals surface area (Å²) in [6, 6.07) is 9.20. The first kappa shape index (κ1) is 14.1. The summed E-state index contributed by atoms with van der Waals surface area (Å²) in [4.78, 5) is 14.7. The lowest BCUT2D eigenvalue weighted by atomic mass is 10.1. The minimum absolute atomic E-state index is 0.141. The third-order valence-electron chi connectivity index (χ3n) is 3.40. The molecule has 0 bridgehead atoms. The number of hydrogen-bond donors (Lipinski definition) is 1. The molecule has 0 saturated carbocycles. The Bertz CT molecular complexity index is 599. The van der Waals surface area contributed by atoms with E-state index in [0.29, 0.717) is 12.1 Å². The Morgan fingerprint density at radius 1 is 1.35 bits per heavy atom. The van der Waals surface area contributed by atoms with Crippen LogP contribution < -0.4 is 5.32 Å². The second kappa shape index (κ2) is 6.25. The summed E-state index contributed by atoms with van der Waals surface area (Å²) in [5.74, 6) is 0. The molecule has 2 aromatic rings. The largest absolute Gasteiger partial charge is 0.306 e. The van der Waals surface area contributed by atoms with Gasteiger partial charge in [-0.1, -0.05) is 18.2 Å². The van der Waals surface area contributed by atoms with Gasteiger partial charge in [-0.2, -0.15) is 0 Å². The molecule has 0 aliphatic rings. The molecule has 0 unspecified atom stereocenters. The molecule has 0 saturated heterocycles. The van der Waals surface area contributed by atoms with Crippen LogP contribution in [0.25, 0.3) is 0 Å². The molecule has 1 atom stereocenters. The van der Waals surface area contributed by atoms with Gasteiger partial charge in [0.1, 0.15) is 0 Å². The first-order chi connectivity index (χ1) is 9.59. The Morgan fingerprint density at radius 3 is 2.80 bits per heavy atom. The van der Waals surface area contributed by atoms with Crippen molar-refractivity contribution in [3.05, 3.63) is 69.5 Å². The quantitative estimate of drug-likeness (QED) is 0.670. The van der Waals surface area contributed by atoms with Gasteiger partial charge in [-0.05, 0) is 31.0 Å². The predicted octanol–water partition coefficient (Wildman–Crippen LogP) is 3.15. The highest BCUT2D eigenvalue weighted by Gasteiger charge is 2.13. The van der Waals surface area contributed by atoms with Gasteiger partial charge in [0.15, 0.2) is 0 Å². The fourth-order valence-electron chi connectivity index (χ4n) is 2.07. The Morgan fingerprint density at radius 2 is 2.15 bits per heavy atom. The van der Waals surface area contributed by atoms with Gasteiger partial charge >= 0.3 is 0 Å². The fraction of sp³-hybridized carbons (Fsp3) is 0.267. The molecule has 0 fully saturated rings. The van der Waals surface area contributed by atoms with Crippen LogP contribution in [0.3, 0.4) is 0 Å². The summed E-state index contributed by atoms with van der Waals surface area (Å²) < 4.78 is 0. The number of nitrogens with zero attached hydrogens (tertiary/aromatic N) is 2. The third kappa shape index (κ3) is 3.19. The van der Waals surface area contributed by atoms with Crippen molar-refractivity contribution in [2.45, 2.75) is 26.4 Å². The number of nitrogens with one attached hydrogen (secondary N) is 1. The standard InChI is InChI=1S/C15H17N3O2/c1-11-13(5-3-7-15(11)18(19)20)10-17-12(2)14-6-4-8-16-9-14/h3-9,12,17H,10H2,1-2H3/t12-/m0/s1. The molecule has 1 N–H and O–H groups in total. The molecule has 1 heterocycles. The van der Waals surface area contributed by atoms with Crippen LogP contribution in [0, 0.1) is 17.0 Å². The monoisotopic (exact) mass is 271 g/mol. The highest BCUT2D eigenvalue weighted by Crippen LogP contribution is 2.21. The lowest BCUT2D eigenvalue weighted by molar-refractivity contribution is -0.385. The highest BCUT2D eigenvalue weighted by molar-refractivity contribution is 5.44. The van der Waals surface area contributed by atoms with Crippen molar-refractivity contribution in [3.8, 4) is 0 Å². The van der Waals surface area contributed by atoms with E-state index in [4.69, 9.17) is 0 Å². The molecular weight excluding hydrogens is 254 g/mol. The van der Waals surface area contributed by atoms with Gasteiger partial charge in [0.2, 0.25) is 0 Å². The van der Waals surface area contributed by atoms with E-state index in [0.717, 1.165) is 11.1 Å².